The first-order valence-electron chi connectivity index (χ1n) is 7.76. The number of hydrogen-bond donors (Lipinski definition) is 2. The average molecular weight is 352 g/mol. The molecule has 0 saturated heterocycles. The Hall–Kier alpha value is -3.75. The highest BCUT2D eigenvalue weighted by molar-refractivity contribution is 5.95. The molecule has 0 bridgehead atoms. The third-order valence-corrected chi connectivity index (χ3v) is 3.73. The maximum atomic E-state index is 12.5. The van der Waals surface area contributed by atoms with Crippen LogP contribution in [0.3, 0.4) is 0 Å². The van der Waals surface area contributed by atoms with Gasteiger partial charge in [-0.1, -0.05) is 0 Å². The van der Waals surface area contributed by atoms with Crippen molar-refractivity contribution in [1.82, 2.24) is 19.6 Å². The van der Waals surface area contributed by atoms with Gasteiger partial charge >= 0.3 is 0 Å². The Morgan fingerprint density at radius 1 is 1.15 bits per heavy atom. The van der Waals surface area contributed by atoms with Gasteiger partial charge in [-0.25, -0.2) is 9.36 Å². The van der Waals surface area contributed by atoms with Crippen molar-refractivity contribution >= 4 is 17.5 Å². The molecular formula is C17H16N6O3. The van der Waals surface area contributed by atoms with Crippen LogP contribution in [-0.2, 0) is 4.79 Å². The number of rotatable bonds is 5. The van der Waals surface area contributed by atoms with Crippen LogP contribution in [0.4, 0.5) is 5.69 Å². The molecule has 0 radical (unpaired) electrons. The first-order chi connectivity index (χ1) is 12.5. The topological polar surface area (TPSA) is 125 Å². The summed E-state index contributed by atoms with van der Waals surface area (Å²) in [7, 11) is 0. The smallest absolute Gasteiger partial charge is 0.267 e. The zero-order valence-corrected chi connectivity index (χ0v) is 13.9. The summed E-state index contributed by atoms with van der Waals surface area (Å²) in [6, 6.07) is 9.85. The molecule has 3 rings (SSSR count). The van der Waals surface area contributed by atoms with Crippen LogP contribution >= 0.6 is 0 Å². The third-order valence-electron chi connectivity index (χ3n) is 3.73. The van der Waals surface area contributed by atoms with Crippen molar-refractivity contribution in [1.29, 1.82) is 0 Å². The Morgan fingerprint density at radius 2 is 1.88 bits per heavy atom. The predicted molar refractivity (Wildman–Crippen MR) is 93.9 cm³/mol. The number of hydrogen-bond acceptors (Lipinski definition) is 5. The van der Waals surface area contributed by atoms with Gasteiger partial charge in [0.05, 0.1) is 0 Å². The van der Waals surface area contributed by atoms with Gasteiger partial charge in [0.1, 0.15) is 6.04 Å². The molecule has 3 aromatic rings. The number of nitrogens with two attached hydrogens (primary N) is 1. The molecule has 3 N–H and O–H groups in total. The summed E-state index contributed by atoms with van der Waals surface area (Å²) in [5.74, 6) is -0.563. The lowest BCUT2D eigenvalue weighted by molar-refractivity contribution is -0.119. The zero-order chi connectivity index (χ0) is 18.7. The summed E-state index contributed by atoms with van der Waals surface area (Å²) in [5, 5.41) is 10.9. The van der Waals surface area contributed by atoms with Gasteiger partial charge in [0.25, 0.3) is 5.56 Å². The summed E-state index contributed by atoms with van der Waals surface area (Å²) < 4.78 is 2.58. The van der Waals surface area contributed by atoms with Gasteiger partial charge in [0, 0.05) is 29.7 Å². The van der Waals surface area contributed by atoms with E-state index in [0.717, 1.165) is 4.68 Å². The Kier molecular flexibility index (Phi) is 4.61. The minimum atomic E-state index is -0.853. The molecule has 0 aliphatic carbocycles. The molecule has 1 unspecified atom stereocenters. The summed E-state index contributed by atoms with van der Waals surface area (Å²) in [6.45, 7) is 1.56. The third kappa shape index (κ3) is 3.51. The lowest BCUT2D eigenvalue weighted by Gasteiger charge is -2.15. The molecule has 0 saturated carbocycles. The Bertz CT molecular complexity index is 992. The first kappa shape index (κ1) is 17.1. The van der Waals surface area contributed by atoms with Gasteiger partial charge in [-0.3, -0.25) is 14.4 Å². The number of carbonyl (C=O) groups excluding carboxylic acids is 2. The van der Waals surface area contributed by atoms with E-state index in [2.05, 4.69) is 15.5 Å². The SMILES string of the molecule is CC(C(=O)Nc1ccc(C(N)=O)cc1)n1nc(-n2cccn2)ccc1=O. The summed E-state index contributed by atoms with van der Waals surface area (Å²) in [5.41, 5.74) is 5.58. The normalized spacial score (nSPS) is 11.7. The molecule has 9 nitrogen and oxygen atoms in total. The number of carbonyl (C=O) groups is 2. The zero-order valence-electron chi connectivity index (χ0n) is 13.9. The van der Waals surface area contributed by atoms with E-state index in [9.17, 15) is 14.4 Å². The minimum absolute atomic E-state index is 0.334. The van der Waals surface area contributed by atoms with E-state index in [1.807, 2.05) is 0 Å². The average Bonchev–Trinajstić information content (AvgIpc) is 3.16. The van der Waals surface area contributed by atoms with Crippen LogP contribution in [0.2, 0.25) is 0 Å². The second-order valence-corrected chi connectivity index (χ2v) is 5.53. The van der Waals surface area contributed by atoms with E-state index in [-0.39, 0.29) is 0 Å². The monoisotopic (exact) mass is 352 g/mol. The number of primary amides is 1. The number of nitrogens with zero attached hydrogens (tertiary/aromatic N) is 4. The maximum Gasteiger partial charge on any atom is 0.267 e. The number of anilines is 1. The number of aromatic nitrogens is 4. The first-order valence-corrected chi connectivity index (χ1v) is 7.76. The van der Waals surface area contributed by atoms with Crippen molar-refractivity contribution in [3.8, 4) is 5.82 Å². The Balaban J connectivity index is 1.81. The second kappa shape index (κ2) is 7.01. The van der Waals surface area contributed by atoms with E-state index < -0.39 is 23.4 Å². The molecule has 1 aromatic carbocycles. The van der Waals surface area contributed by atoms with Crippen LogP contribution in [0.25, 0.3) is 5.82 Å². The van der Waals surface area contributed by atoms with Gasteiger partial charge in [-0.05, 0) is 43.3 Å². The van der Waals surface area contributed by atoms with Crippen LogP contribution in [0, 0.1) is 0 Å². The largest absolute Gasteiger partial charge is 0.366 e. The molecule has 2 aromatic heterocycles. The Morgan fingerprint density at radius 3 is 2.50 bits per heavy atom. The van der Waals surface area contributed by atoms with E-state index in [1.165, 1.54) is 28.9 Å². The minimum Gasteiger partial charge on any atom is -0.366 e. The summed E-state index contributed by atoms with van der Waals surface area (Å²) in [6.07, 6.45) is 3.27. The van der Waals surface area contributed by atoms with E-state index in [0.29, 0.717) is 17.1 Å². The molecule has 132 valence electrons. The molecule has 0 fully saturated rings. The van der Waals surface area contributed by atoms with Gasteiger partial charge in [0.2, 0.25) is 11.8 Å². The van der Waals surface area contributed by atoms with Crippen molar-refractivity contribution in [3.05, 3.63) is 70.8 Å². The van der Waals surface area contributed by atoms with E-state index >= 15 is 0 Å². The molecule has 0 spiro atoms. The molecule has 0 aliphatic heterocycles. The van der Waals surface area contributed by atoms with Crippen LogP contribution in [0.1, 0.15) is 23.3 Å². The molecular weight excluding hydrogens is 336 g/mol. The molecule has 9 heteroatoms. The molecule has 26 heavy (non-hydrogen) atoms. The van der Waals surface area contributed by atoms with Crippen molar-refractivity contribution in [2.24, 2.45) is 5.73 Å². The summed E-state index contributed by atoms with van der Waals surface area (Å²) in [4.78, 5) is 35.6. The number of amides is 2. The molecule has 0 aliphatic rings. The Labute approximate surface area is 148 Å². The fraction of sp³-hybridized carbons (Fsp3) is 0.118. The van der Waals surface area contributed by atoms with Crippen LogP contribution < -0.4 is 16.6 Å². The lowest BCUT2D eigenvalue weighted by atomic mass is 10.2. The fourth-order valence-electron chi connectivity index (χ4n) is 2.29. The molecule has 1 atom stereocenters. The van der Waals surface area contributed by atoms with E-state index in [1.54, 1.807) is 37.5 Å². The number of benzene rings is 1. The standard InChI is InChI=1S/C17H16N6O3/c1-11(17(26)20-13-5-3-12(4-6-13)16(18)25)23-15(24)8-7-14(21-23)22-10-2-9-19-22/h2-11H,1H3,(H2,18,25)(H,20,26). The van der Waals surface area contributed by atoms with Crippen LogP contribution in [0.15, 0.2) is 59.7 Å². The fourth-order valence-corrected chi connectivity index (χ4v) is 2.29. The predicted octanol–water partition coefficient (Wildman–Crippen LogP) is 0.728. The second-order valence-electron chi connectivity index (χ2n) is 5.53. The van der Waals surface area contributed by atoms with Crippen molar-refractivity contribution in [3.63, 3.8) is 0 Å². The quantitative estimate of drug-likeness (QED) is 0.700. The van der Waals surface area contributed by atoms with Gasteiger partial charge in [0.15, 0.2) is 5.82 Å². The lowest BCUT2D eigenvalue weighted by Crippen LogP contribution is -2.33. The summed E-state index contributed by atoms with van der Waals surface area (Å²) >= 11 is 0. The highest BCUT2D eigenvalue weighted by atomic mass is 16.2. The van der Waals surface area contributed by atoms with Crippen molar-refractivity contribution < 1.29 is 9.59 Å². The van der Waals surface area contributed by atoms with Crippen molar-refractivity contribution in [2.75, 3.05) is 5.32 Å². The van der Waals surface area contributed by atoms with Gasteiger partial charge in [-0.2, -0.15) is 5.10 Å². The molecule has 2 heterocycles. The van der Waals surface area contributed by atoms with Gasteiger partial charge < -0.3 is 11.1 Å². The van der Waals surface area contributed by atoms with E-state index in [4.69, 9.17) is 5.73 Å². The highest BCUT2D eigenvalue weighted by Crippen LogP contribution is 2.12. The van der Waals surface area contributed by atoms with Crippen LogP contribution in [-0.4, -0.2) is 31.4 Å². The van der Waals surface area contributed by atoms with Crippen molar-refractivity contribution in [2.45, 2.75) is 13.0 Å². The van der Waals surface area contributed by atoms with Gasteiger partial charge in [-0.15, -0.1) is 5.10 Å². The number of nitrogens with one attached hydrogen (secondary N) is 1. The maximum absolute atomic E-state index is 12.5. The highest BCUT2D eigenvalue weighted by Gasteiger charge is 2.18. The van der Waals surface area contributed by atoms with Crippen LogP contribution in [0.5, 0.6) is 0 Å². The molecule has 2 amide bonds.